The van der Waals surface area contributed by atoms with Gasteiger partial charge in [-0.25, -0.2) is 0 Å². The maximum absolute atomic E-state index is 3.73. The molecule has 282 valence electrons. The summed E-state index contributed by atoms with van der Waals surface area (Å²) in [6.07, 6.45) is 18.4. The maximum atomic E-state index is 3.73. The summed E-state index contributed by atoms with van der Waals surface area (Å²) in [6, 6.07) is 49.4. The van der Waals surface area contributed by atoms with Crippen LogP contribution in [0.3, 0.4) is 0 Å². The van der Waals surface area contributed by atoms with E-state index in [9.17, 15) is 0 Å². The fourth-order valence-corrected chi connectivity index (χ4v) is 9.02. The highest BCUT2D eigenvalue weighted by molar-refractivity contribution is 7.25. The van der Waals surface area contributed by atoms with Gasteiger partial charge in [-0.2, -0.15) is 0 Å². The molecular formula is C52H58N2S. The molecule has 0 unspecified atom stereocenters. The van der Waals surface area contributed by atoms with E-state index >= 15 is 0 Å². The SMILES string of the molecule is CCCCCCCCc1ccc(Nc2ccccc2-c2ccc3c(c2)sc2cc(-c4ccccc4Nc4ccc(CCCCCCCC)cc4)ccc23)cc1. The van der Waals surface area contributed by atoms with E-state index in [1.54, 1.807) is 0 Å². The molecule has 6 aromatic carbocycles. The van der Waals surface area contributed by atoms with Crippen LogP contribution in [0.4, 0.5) is 22.7 Å². The Balaban J connectivity index is 1.04. The van der Waals surface area contributed by atoms with Crippen molar-refractivity contribution in [3.63, 3.8) is 0 Å². The van der Waals surface area contributed by atoms with Crippen LogP contribution in [-0.4, -0.2) is 0 Å². The number of hydrogen-bond donors (Lipinski definition) is 2. The zero-order valence-corrected chi connectivity index (χ0v) is 33.8. The fourth-order valence-electron chi connectivity index (χ4n) is 7.84. The molecule has 0 saturated carbocycles. The van der Waals surface area contributed by atoms with Crippen LogP contribution in [0.5, 0.6) is 0 Å². The summed E-state index contributed by atoms with van der Waals surface area (Å²) in [6.45, 7) is 4.56. The Morgan fingerprint density at radius 1 is 0.400 bits per heavy atom. The molecule has 0 radical (unpaired) electrons. The van der Waals surface area contributed by atoms with Crippen LogP contribution >= 0.6 is 11.3 Å². The summed E-state index contributed by atoms with van der Waals surface area (Å²) in [5.41, 5.74) is 12.3. The third-order valence-electron chi connectivity index (χ3n) is 11.1. The summed E-state index contributed by atoms with van der Waals surface area (Å²) in [5.74, 6) is 0. The van der Waals surface area contributed by atoms with Gasteiger partial charge in [-0.05, 0) is 96.5 Å². The second-order valence-corrected chi connectivity index (χ2v) is 16.4. The van der Waals surface area contributed by atoms with Gasteiger partial charge >= 0.3 is 0 Å². The molecule has 0 atom stereocenters. The number of unbranched alkanes of at least 4 members (excludes halogenated alkanes) is 10. The number of benzene rings is 6. The fraction of sp³-hybridized carbons (Fsp3) is 0.308. The van der Waals surface area contributed by atoms with Gasteiger partial charge in [0.1, 0.15) is 0 Å². The lowest BCUT2D eigenvalue weighted by atomic mass is 9.99. The zero-order chi connectivity index (χ0) is 37.7. The van der Waals surface area contributed by atoms with Crippen molar-refractivity contribution in [3.05, 3.63) is 145 Å². The van der Waals surface area contributed by atoms with Gasteiger partial charge in [0.25, 0.3) is 0 Å². The summed E-state index contributed by atoms with van der Waals surface area (Å²) in [7, 11) is 0. The van der Waals surface area contributed by atoms with Crippen molar-refractivity contribution in [1.29, 1.82) is 0 Å². The number of thiophene rings is 1. The second kappa shape index (κ2) is 19.6. The Morgan fingerprint density at radius 2 is 0.800 bits per heavy atom. The minimum atomic E-state index is 1.13. The van der Waals surface area contributed by atoms with E-state index in [4.69, 9.17) is 0 Å². The van der Waals surface area contributed by atoms with Crippen LogP contribution in [0.2, 0.25) is 0 Å². The van der Waals surface area contributed by atoms with Crippen LogP contribution in [0.25, 0.3) is 42.4 Å². The highest BCUT2D eigenvalue weighted by Gasteiger charge is 2.13. The molecular weight excluding hydrogens is 685 g/mol. The minimum absolute atomic E-state index is 1.13. The molecule has 7 rings (SSSR count). The third-order valence-corrected chi connectivity index (χ3v) is 12.2. The molecule has 2 N–H and O–H groups in total. The quantitative estimate of drug-likeness (QED) is 0.0760. The van der Waals surface area contributed by atoms with Gasteiger partial charge in [0.2, 0.25) is 0 Å². The van der Waals surface area contributed by atoms with Crippen molar-refractivity contribution in [1.82, 2.24) is 0 Å². The molecule has 2 nitrogen and oxygen atoms in total. The van der Waals surface area contributed by atoms with Gasteiger partial charge in [0.15, 0.2) is 0 Å². The topological polar surface area (TPSA) is 24.1 Å². The average Bonchev–Trinajstić information content (AvgIpc) is 3.59. The van der Waals surface area contributed by atoms with Crippen molar-refractivity contribution in [3.8, 4) is 22.3 Å². The molecule has 1 heterocycles. The smallest absolute Gasteiger partial charge is 0.0463 e. The average molecular weight is 743 g/mol. The van der Waals surface area contributed by atoms with Crippen molar-refractivity contribution in [2.45, 2.75) is 104 Å². The number of para-hydroxylation sites is 2. The van der Waals surface area contributed by atoms with Crippen molar-refractivity contribution >= 4 is 54.3 Å². The zero-order valence-electron chi connectivity index (χ0n) is 33.0. The van der Waals surface area contributed by atoms with E-state index in [0.29, 0.717) is 0 Å². The first-order chi connectivity index (χ1) is 27.2. The van der Waals surface area contributed by atoms with E-state index in [1.165, 1.54) is 131 Å². The predicted molar refractivity (Wildman–Crippen MR) is 244 cm³/mol. The summed E-state index contributed by atoms with van der Waals surface area (Å²) >= 11 is 1.88. The molecule has 7 aromatic rings. The van der Waals surface area contributed by atoms with E-state index < -0.39 is 0 Å². The van der Waals surface area contributed by atoms with Crippen molar-refractivity contribution in [2.75, 3.05) is 10.6 Å². The molecule has 55 heavy (non-hydrogen) atoms. The van der Waals surface area contributed by atoms with Crippen LogP contribution in [0.1, 0.15) is 102 Å². The summed E-state index contributed by atoms with van der Waals surface area (Å²) in [4.78, 5) is 0. The molecule has 0 aliphatic heterocycles. The van der Waals surface area contributed by atoms with Gasteiger partial charge in [0.05, 0.1) is 0 Å². The Labute approximate surface area is 334 Å². The Bertz CT molecular complexity index is 2090. The standard InChI is InChI=1S/C52H58N2S/c1-3-5-7-9-11-13-19-39-25-31-43(32-26-39)53-49-23-17-15-21-45(49)41-29-35-47-48-36-30-42(38-52(48)55-51(47)37-41)46-22-16-18-24-50(46)54-44-33-27-40(28-34-44)20-14-12-10-8-6-4-2/h15-18,21-38,53-54H,3-14,19-20H2,1-2H3. The monoisotopic (exact) mass is 742 g/mol. The molecule has 1 aromatic heterocycles. The lowest BCUT2D eigenvalue weighted by molar-refractivity contribution is 0.607. The Kier molecular flexibility index (Phi) is 13.7. The Hall–Kier alpha value is -4.86. The van der Waals surface area contributed by atoms with Crippen LogP contribution in [0.15, 0.2) is 133 Å². The van der Waals surface area contributed by atoms with Gasteiger partial charge < -0.3 is 10.6 Å². The molecule has 0 spiro atoms. The summed E-state index contributed by atoms with van der Waals surface area (Å²) < 4.78 is 2.62. The first-order valence-electron chi connectivity index (χ1n) is 21.1. The largest absolute Gasteiger partial charge is 0.355 e. The Morgan fingerprint density at radius 3 is 1.24 bits per heavy atom. The number of rotatable bonds is 20. The lowest BCUT2D eigenvalue weighted by Crippen LogP contribution is -1.94. The molecule has 3 heteroatoms. The van der Waals surface area contributed by atoms with Crippen molar-refractivity contribution < 1.29 is 0 Å². The van der Waals surface area contributed by atoms with Gasteiger partial charge in [-0.15, -0.1) is 11.3 Å². The third kappa shape index (κ3) is 10.3. The van der Waals surface area contributed by atoms with Gasteiger partial charge in [-0.1, -0.05) is 163 Å². The number of hydrogen-bond acceptors (Lipinski definition) is 3. The molecule has 0 bridgehead atoms. The van der Waals surface area contributed by atoms with E-state index in [-0.39, 0.29) is 0 Å². The number of nitrogens with one attached hydrogen (secondary N) is 2. The maximum Gasteiger partial charge on any atom is 0.0463 e. The molecule has 0 fully saturated rings. The molecule has 0 saturated heterocycles. The minimum Gasteiger partial charge on any atom is -0.355 e. The van der Waals surface area contributed by atoms with Crippen LogP contribution < -0.4 is 10.6 Å². The first-order valence-corrected chi connectivity index (χ1v) is 21.9. The first kappa shape index (κ1) is 38.4. The van der Waals surface area contributed by atoms with Gasteiger partial charge in [0, 0.05) is 54.0 Å². The van der Waals surface area contributed by atoms with Crippen molar-refractivity contribution in [2.24, 2.45) is 0 Å². The lowest BCUT2D eigenvalue weighted by Gasteiger charge is -2.13. The molecule has 0 aliphatic rings. The van der Waals surface area contributed by atoms with Crippen LogP contribution in [0, 0.1) is 0 Å². The molecule has 0 amide bonds. The van der Waals surface area contributed by atoms with Gasteiger partial charge in [-0.3, -0.25) is 0 Å². The molecule has 0 aliphatic carbocycles. The van der Waals surface area contributed by atoms with E-state index in [1.807, 2.05) is 11.3 Å². The summed E-state index contributed by atoms with van der Waals surface area (Å²) in [5, 5.41) is 10.1. The number of anilines is 4. The highest BCUT2D eigenvalue weighted by Crippen LogP contribution is 2.41. The van der Waals surface area contributed by atoms with E-state index in [0.717, 1.165) is 35.6 Å². The van der Waals surface area contributed by atoms with Crippen LogP contribution in [-0.2, 0) is 12.8 Å². The predicted octanol–water partition coefficient (Wildman–Crippen LogP) is 16.7. The normalized spacial score (nSPS) is 11.4. The highest BCUT2D eigenvalue weighted by atomic mass is 32.1. The number of aryl methyl sites for hydroxylation is 2. The second-order valence-electron chi connectivity index (χ2n) is 15.3. The number of fused-ring (bicyclic) bond motifs is 3. The van der Waals surface area contributed by atoms with E-state index in [2.05, 4.69) is 158 Å².